The van der Waals surface area contributed by atoms with Crippen molar-refractivity contribution in [1.29, 1.82) is 0 Å². The van der Waals surface area contributed by atoms with Crippen molar-refractivity contribution < 1.29 is 45.0 Å². The first-order chi connectivity index (χ1) is 5.66. The maximum absolute atomic E-state index is 11.0. The van der Waals surface area contributed by atoms with Gasteiger partial charge in [-0.05, 0) is 13.8 Å². The number of carbonyl (C=O) groups excluding carboxylic acids is 1. The van der Waals surface area contributed by atoms with Gasteiger partial charge in [-0.25, -0.2) is 14.7 Å². The molecule has 1 rings (SSSR count). The second kappa shape index (κ2) is 5.26. The largest absolute Gasteiger partial charge is 1.00 e. The summed E-state index contributed by atoms with van der Waals surface area (Å²) < 4.78 is 9.01. The molecule has 0 saturated heterocycles. The third-order valence-electron chi connectivity index (χ3n) is 1.36. The summed E-state index contributed by atoms with van der Waals surface area (Å²) in [7, 11) is 0. The third kappa shape index (κ3) is 2.72. The van der Waals surface area contributed by atoms with Crippen LogP contribution in [0.1, 0.15) is 24.4 Å². The van der Waals surface area contributed by atoms with Crippen LogP contribution in [-0.4, -0.2) is 17.7 Å². The van der Waals surface area contributed by atoms with E-state index in [1.165, 1.54) is 0 Å². The molecule has 1 heterocycles. The Morgan fingerprint density at radius 2 is 2.31 bits per heavy atom. The first-order valence-electron chi connectivity index (χ1n) is 3.52. The molecule has 0 saturated carbocycles. The summed E-state index contributed by atoms with van der Waals surface area (Å²) in [6.07, 6.45) is 0. The monoisotopic (exact) mass is 195 g/mol. The van der Waals surface area contributed by atoms with Crippen LogP contribution in [-0.2, 0) is 4.74 Å². The molecule has 0 aromatic carbocycles. The number of aryl methyl sites for hydroxylation is 1. The molecule has 13 heavy (non-hydrogen) atoms. The van der Waals surface area contributed by atoms with Crippen LogP contribution in [0.5, 0.6) is 0 Å². The molecule has 0 unspecified atom stereocenters. The number of nitrogens with one attached hydrogen (secondary N) is 1. The number of aromatic nitrogens is 1. The van der Waals surface area contributed by atoms with Crippen molar-refractivity contribution in [2.45, 2.75) is 13.8 Å². The number of H-pyrrole nitrogens is 1. The Labute approximate surface area is 98.2 Å². The Morgan fingerprint density at radius 1 is 1.69 bits per heavy atom. The zero-order chi connectivity index (χ0) is 9.14. The normalized spacial score (nSPS) is 9.08. The SMILES string of the molecule is CCOC(=O)c1c(C)[nH]oc1=O.[H-].[Na+]. The summed E-state index contributed by atoms with van der Waals surface area (Å²) in [5, 5.41) is 2.29. The van der Waals surface area contributed by atoms with Gasteiger partial charge in [0, 0.05) is 0 Å². The van der Waals surface area contributed by atoms with E-state index in [4.69, 9.17) is 0 Å². The molecule has 0 radical (unpaired) electrons. The maximum atomic E-state index is 11.0. The minimum absolute atomic E-state index is 0. The molecular formula is C7H10NNaO4. The number of rotatable bonds is 2. The van der Waals surface area contributed by atoms with Crippen molar-refractivity contribution in [3.05, 3.63) is 21.7 Å². The summed E-state index contributed by atoms with van der Waals surface area (Å²) in [6, 6.07) is 0. The van der Waals surface area contributed by atoms with E-state index in [0.29, 0.717) is 5.69 Å². The fraction of sp³-hybridized carbons (Fsp3) is 0.429. The summed E-state index contributed by atoms with van der Waals surface area (Å²) in [5.74, 6) is -0.648. The van der Waals surface area contributed by atoms with E-state index >= 15 is 0 Å². The van der Waals surface area contributed by atoms with Gasteiger partial charge in [0.05, 0.1) is 12.3 Å². The Kier molecular flexibility index (Phi) is 5.05. The minimum atomic E-state index is -0.689. The number of aromatic amines is 1. The third-order valence-corrected chi connectivity index (χ3v) is 1.36. The fourth-order valence-corrected chi connectivity index (χ4v) is 0.818. The van der Waals surface area contributed by atoms with Crippen LogP contribution in [0.4, 0.5) is 0 Å². The Balaban J connectivity index is 0. The molecule has 68 valence electrons. The summed E-state index contributed by atoms with van der Waals surface area (Å²) in [4.78, 5) is 21.9. The van der Waals surface area contributed by atoms with Crippen molar-refractivity contribution in [1.82, 2.24) is 5.16 Å². The van der Waals surface area contributed by atoms with Crippen LogP contribution in [0, 0.1) is 6.92 Å². The predicted molar refractivity (Wildman–Crippen MR) is 41.1 cm³/mol. The van der Waals surface area contributed by atoms with Crippen molar-refractivity contribution in [2.75, 3.05) is 6.61 Å². The van der Waals surface area contributed by atoms with Gasteiger partial charge in [-0.15, -0.1) is 0 Å². The summed E-state index contributed by atoms with van der Waals surface area (Å²) in [6.45, 7) is 3.47. The minimum Gasteiger partial charge on any atom is -1.00 e. The van der Waals surface area contributed by atoms with Crippen LogP contribution in [0.3, 0.4) is 0 Å². The van der Waals surface area contributed by atoms with Gasteiger partial charge in [-0.1, -0.05) is 0 Å². The number of esters is 1. The van der Waals surface area contributed by atoms with Crippen LogP contribution in [0.25, 0.3) is 0 Å². The Hall–Kier alpha value is -0.520. The molecule has 0 amide bonds. The first kappa shape index (κ1) is 12.5. The molecule has 0 aliphatic carbocycles. The molecule has 0 aliphatic heterocycles. The van der Waals surface area contributed by atoms with Crippen LogP contribution in [0.15, 0.2) is 9.32 Å². The van der Waals surface area contributed by atoms with Gasteiger partial charge in [-0.3, -0.25) is 0 Å². The van der Waals surface area contributed by atoms with Crippen LogP contribution >= 0.6 is 0 Å². The van der Waals surface area contributed by atoms with Crippen molar-refractivity contribution in [3.8, 4) is 0 Å². The van der Waals surface area contributed by atoms with Crippen molar-refractivity contribution >= 4 is 5.97 Å². The smallest absolute Gasteiger partial charge is 1.00 e. The van der Waals surface area contributed by atoms with Crippen LogP contribution < -0.4 is 35.2 Å². The molecule has 0 bridgehead atoms. The van der Waals surface area contributed by atoms with Gasteiger partial charge in [0.25, 0.3) is 0 Å². The zero-order valence-electron chi connectivity index (χ0n) is 8.84. The predicted octanol–water partition coefficient (Wildman–Crippen LogP) is -2.43. The van der Waals surface area contributed by atoms with Gasteiger partial charge in [0.1, 0.15) is 0 Å². The van der Waals surface area contributed by atoms with E-state index in [1.807, 2.05) is 0 Å². The number of ether oxygens (including phenoxy) is 1. The van der Waals surface area contributed by atoms with Gasteiger partial charge in [-0.2, -0.15) is 0 Å². The molecule has 1 aromatic heterocycles. The van der Waals surface area contributed by atoms with E-state index < -0.39 is 11.6 Å². The first-order valence-corrected chi connectivity index (χ1v) is 3.52. The molecule has 0 atom stereocenters. The Bertz CT molecular complexity index is 346. The van der Waals surface area contributed by atoms with E-state index in [2.05, 4.69) is 14.4 Å². The second-order valence-corrected chi connectivity index (χ2v) is 2.21. The molecule has 1 N–H and O–H groups in total. The standard InChI is InChI=1S/C7H9NO4.Na.H/c1-3-11-6(9)5-4(2)8-12-7(5)10;;/h8H,3H2,1-2H3;;/q;+1;-1. The molecular weight excluding hydrogens is 185 g/mol. The van der Waals surface area contributed by atoms with Crippen molar-refractivity contribution in [2.24, 2.45) is 0 Å². The molecule has 0 spiro atoms. The number of carbonyl (C=O) groups is 1. The van der Waals surface area contributed by atoms with Crippen molar-refractivity contribution in [3.63, 3.8) is 0 Å². The van der Waals surface area contributed by atoms with E-state index in [-0.39, 0.29) is 43.2 Å². The molecule has 0 fully saturated rings. The van der Waals surface area contributed by atoms with E-state index in [0.717, 1.165) is 0 Å². The molecule has 6 heteroatoms. The fourth-order valence-electron chi connectivity index (χ4n) is 0.818. The summed E-state index contributed by atoms with van der Waals surface area (Å²) >= 11 is 0. The number of hydrogen-bond donors (Lipinski definition) is 1. The second-order valence-electron chi connectivity index (χ2n) is 2.21. The average molecular weight is 195 g/mol. The molecule has 5 nitrogen and oxygen atoms in total. The molecule has 1 aromatic rings. The zero-order valence-corrected chi connectivity index (χ0v) is 9.84. The average Bonchev–Trinajstić information content (AvgIpc) is 2.32. The van der Waals surface area contributed by atoms with Gasteiger partial charge >= 0.3 is 41.2 Å². The molecule has 0 aliphatic rings. The van der Waals surface area contributed by atoms with Gasteiger partial charge in [0.15, 0.2) is 5.56 Å². The van der Waals surface area contributed by atoms with Gasteiger partial charge in [0.2, 0.25) is 0 Å². The quantitative estimate of drug-likeness (QED) is 0.420. The van der Waals surface area contributed by atoms with E-state index in [1.54, 1.807) is 13.8 Å². The van der Waals surface area contributed by atoms with Gasteiger partial charge < -0.3 is 10.7 Å². The van der Waals surface area contributed by atoms with E-state index in [9.17, 15) is 9.59 Å². The van der Waals surface area contributed by atoms with Crippen LogP contribution in [0.2, 0.25) is 0 Å². The Morgan fingerprint density at radius 3 is 2.69 bits per heavy atom. The summed E-state index contributed by atoms with van der Waals surface area (Å²) in [5.41, 5.74) is -0.360. The maximum Gasteiger partial charge on any atom is 1.00 e. The topological polar surface area (TPSA) is 72.3 Å². The number of hydrogen-bond acceptors (Lipinski definition) is 4.